The molecule has 0 radical (unpaired) electrons. The lowest BCUT2D eigenvalue weighted by atomic mass is 9.44. The van der Waals surface area contributed by atoms with Crippen LogP contribution in [0.4, 0.5) is 0 Å². The van der Waals surface area contributed by atoms with Gasteiger partial charge < -0.3 is 14.2 Å². The number of esters is 2. The fourth-order valence-corrected chi connectivity index (χ4v) is 9.67. The maximum absolute atomic E-state index is 13.4. The van der Waals surface area contributed by atoms with Crippen molar-refractivity contribution in [1.82, 2.24) is 0 Å². The monoisotopic (exact) mass is 442 g/mol. The van der Waals surface area contributed by atoms with Crippen molar-refractivity contribution in [2.24, 2.45) is 46.3 Å². The molecule has 8 fully saturated rings. The maximum Gasteiger partial charge on any atom is 0.333 e. The van der Waals surface area contributed by atoms with Crippen LogP contribution in [0.2, 0.25) is 0 Å². The van der Waals surface area contributed by atoms with Crippen LogP contribution in [-0.4, -0.2) is 31.4 Å². The molecule has 176 valence electrons. The maximum atomic E-state index is 13.4. The van der Waals surface area contributed by atoms with E-state index in [0.717, 1.165) is 43.9 Å². The van der Waals surface area contributed by atoms with Crippen molar-refractivity contribution in [3.63, 3.8) is 0 Å². The van der Waals surface area contributed by atoms with Gasteiger partial charge in [-0.25, -0.2) is 4.79 Å². The molecular formula is C27H38O5. The first-order valence-electron chi connectivity index (χ1n) is 12.9. The Morgan fingerprint density at radius 1 is 0.844 bits per heavy atom. The lowest BCUT2D eigenvalue weighted by molar-refractivity contribution is -0.210. The molecule has 0 aliphatic heterocycles. The highest BCUT2D eigenvalue weighted by molar-refractivity contribution is 5.87. The Hall–Kier alpha value is -1.36. The minimum atomic E-state index is -0.410. The molecule has 8 saturated carbocycles. The van der Waals surface area contributed by atoms with Gasteiger partial charge in [0.15, 0.2) is 6.79 Å². The highest BCUT2D eigenvalue weighted by Crippen LogP contribution is 2.65. The minimum absolute atomic E-state index is 0.0639. The van der Waals surface area contributed by atoms with E-state index in [9.17, 15) is 9.59 Å². The molecule has 2 atom stereocenters. The van der Waals surface area contributed by atoms with Crippen LogP contribution in [0.5, 0.6) is 0 Å². The van der Waals surface area contributed by atoms with Gasteiger partial charge in [-0.3, -0.25) is 4.79 Å². The van der Waals surface area contributed by atoms with Crippen LogP contribution in [0, 0.1) is 46.3 Å². The normalized spacial score (nSPS) is 47.5. The summed E-state index contributed by atoms with van der Waals surface area (Å²) in [5, 5.41) is 0. The number of hydrogen-bond donors (Lipinski definition) is 0. The summed E-state index contributed by atoms with van der Waals surface area (Å²) in [6.45, 7) is 5.90. The zero-order valence-electron chi connectivity index (χ0n) is 19.5. The van der Waals surface area contributed by atoms with Gasteiger partial charge >= 0.3 is 11.9 Å². The average Bonchev–Trinajstić information content (AvgIpc) is 2.72. The van der Waals surface area contributed by atoms with Gasteiger partial charge in [0.1, 0.15) is 0 Å². The summed E-state index contributed by atoms with van der Waals surface area (Å²) in [5.41, 5.74) is -0.0466. The third kappa shape index (κ3) is 3.54. The molecule has 0 spiro atoms. The second kappa shape index (κ2) is 7.58. The van der Waals surface area contributed by atoms with Crippen molar-refractivity contribution in [1.29, 1.82) is 0 Å². The first-order chi connectivity index (χ1) is 15.3. The number of ether oxygens (including phenoxy) is 3. The number of carbonyl (C=O) groups excluding carboxylic acids is 2. The minimum Gasteiger partial charge on any atom is -0.462 e. The quantitative estimate of drug-likeness (QED) is 0.314. The van der Waals surface area contributed by atoms with E-state index >= 15 is 0 Å². The van der Waals surface area contributed by atoms with Gasteiger partial charge in [-0.05, 0) is 113 Å². The predicted molar refractivity (Wildman–Crippen MR) is 118 cm³/mol. The van der Waals surface area contributed by atoms with Crippen molar-refractivity contribution in [3.05, 3.63) is 12.2 Å². The van der Waals surface area contributed by atoms with Crippen molar-refractivity contribution in [3.8, 4) is 0 Å². The van der Waals surface area contributed by atoms with E-state index < -0.39 is 5.41 Å². The van der Waals surface area contributed by atoms with Gasteiger partial charge in [0.2, 0.25) is 0 Å². The largest absolute Gasteiger partial charge is 0.462 e. The Kier molecular flexibility index (Phi) is 5.02. The Morgan fingerprint density at radius 3 is 2.03 bits per heavy atom. The SMILES string of the molecule is C=C(C)C(=O)OCC12CC3CC(C1)CC(C(=O)OCOC1C4CC5CC(C4)CC1C5)(C3)C2. The van der Waals surface area contributed by atoms with Crippen molar-refractivity contribution in [2.75, 3.05) is 13.4 Å². The van der Waals surface area contributed by atoms with Crippen LogP contribution >= 0.6 is 0 Å². The molecule has 8 rings (SSSR count). The van der Waals surface area contributed by atoms with Gasteiger partial charge in [-0.2, -0.15) is 0 Å². The van der Waals surface area contributed by atoms with Crippen molar-refractivity contribution in [2.45, 2.75) is 83.7 Å². The number of carbonyl (C=O) groups is 2. The van der Waals surface area contributed by atoms with Crippen molar-refractivity contribution < 1.29 is 23.8 Å². The molecule has 0 aromatic carbocycles. The zero-order valence-corrected chi connectivity index (χ0v) is 19.5. The first-order valence-corrected chi connectivity index (χ1v) is 12.9. The highest BCUT2D eigenvalue weighted by atomic mass is 16.7. The molecule has 0 aromatic heterocycles. The molecule has 0 saturated heterocycles. The summed E-state index contributed by atoms with van der Waals surface area (Å²) in [7, 11) is 0. The van der Waals surface area contributed by atoms with Gasteiger partial charge in [-0.15, -0.1) is 0 Å². The summed E-state index contributed by atoms with van der Waals surface area (Å²) in [6.07, 6.45) is 12.9. The van der Waals surface area contributed by atoms with Crippen LogP contribution < -0.4 is 0 Å². The van der Waals surface area contributed by atoms with E-state index in [2.05, 4.69) is 6.58 Å². The molecule has 8 bridgehead atoms. The first kappa shape index (κ1) is 21.2. The van der Waals surface area contributed by atoms with Crippen molar-refractivity contribution >= 4 is 11.9 Å². The fourth-order valence-electron chi connectivity index (χ4n) is 9.67. The third-order valence-corrected chi connectivity index (χ3v) is 10.1. The van der Waals surface area contributed by atoms with Gasteiger partial charge in [0.25, 0.3) is 0 Å². The topological polar surface area (TPSA) is 61.8 Å². The van der Waals surface area contributed by atoms with Crippen LogP contribution in [0.25, 0.3) is 0 Å². The zero-order chi connectivity index (χ0) is 22.1. The highest BCUT2D eigenvalue weighted by Gasteiger charge is 2.61. The molecule has 5 nitrogen and oxygen atoms in total. The molecular weight excluding hydrogens is 404 g/mol. The Balaban J connectivity index is 1.08. The lowest BCUT2D eigenvalue weighted by Crippen LogP contribution is -2.57. The Morgan fingerprint density at radius 2 is 1.44 bits per heavy atom. The van der Waals surface area contributed by atoms with E-state index in [1.165, 1.54) is 38.5 Å². The number of rotatable bonds is 7. The molecule has 2 unspecified atom stereocenters. The smallest absolute Gasteiger partial charge is 0.333 e. The van der Waals surface area contributed by atoms with E-state index in [-0.39, 0.29) is 24.1 Å². The summed E-state index contributed by atoms with van der Waals surface area (Å²) >= 11 is 0. The second-order valence-corrected chi connectivity index (χ2v) is 12.7. The molecule has 32 heavy (non-hydrogen) atoms. The van der Waals surface area contributed by atoms with E-state index in [0.29, 0.717) is 42.0 Å². The third-order valence-electron chi connectivity index (χ3n) is 10.1. The summed E-state index contributed by atoms with van der Waals surface area (Å²) in [4.78, 5) is 25.4. The molecule has 8 aliphatic rings. The van der Waals surface area contributed by atoms with Crippen LogP contribution in [0.3, 0.4) is 0 Å². The average molecular weight is 443 g/mol. The summed E-state index contributed by atoms with van der Waals surface area (Å²) < 4.78 is 17.7. The molecule has 8 aliphatic carbocycles. The van der Waals surface area contributed by atoms with Crippen LogP contribution in [0.1, 0.15) is 77.6 Å². The summed E-state index contributed by atoms with van der Waals surface area (Å²) in [6, 6.07) is 0. The fraction of sp³-hybridized carbons (Fsp3) is 0.852. The lowest BCUT2D eigenvalue weighted by Gasteiger charge is -2.60. The summed E-state index contributed by atoms with van der Waals surface area (Å²) in [5.74, 6) is 3.89. The van der Waals surface area contributed by atoms with Gasteiger partial charge in [0, 0.05) is 11.0 Å². The standard InChI is InChI=1S/C27H38O5/c1-16(2)24(28)30-14-26-9-19-4-20(10-26)12-27(11-19,13-26)25(29)32-15-31-23-21-5-17-3-18(7-21)8-22(23)6-17/h17-23H,1,3-15H2,2H3. The molecule has 0 aromatic rings. The molecule has 0 amide bonds. The molecule has 0 heterocycles. The van der Waals surface area contributed by atoms with E-state index in [4.69, 9.17) is 14.2 Å². The van der Waals surface area contributed by atoms with Crippen LogP contribution in [-0.2, 0) is 23.8 Å². The Labute approximate surface area is 191 Å². The van der Waals surface area contributed by atoms with E-state index in [1.54, 1.807) is 6.92 Å². The van der Waals surface area contributed by atoms with E-state index in [1.807, 2.05) is 0 Å². The van der Waals surface area contributed by atoms with Gasteiger partial charge in [-0.1, -0.05) is 6.58 Å². The molecule has 5 heteroatoms. The molecule has 0 N–H and O–H groups in total. The second-order valence-electron chi connectivity index (χ2n) is 12.7. The Bertz CT molecular complexity index is 773. The predicted octanol–water partition coefficient (Wildman–Crippen LogP) is 5.03. The number of hydrogen-bond acceptors (Lipinski definition) is 5. The van der Waals surface area contributed by atoms with Crippen LogP contribution in [0.15, 0.2) is 12.2 Å². The van der Waals surface area contributed by atoms with Gasteiger partial charge in [0.05, 0.1) is 18.1 Å².